The third-order valence-electron chi connectivity index (χ3n) is 3.87. The summed E-state index contributed by atoms with van der Waals surface area (Å²) in [6.07, 6.45) is 6.84. The summed E-state index contributed by atoms with van der Waals surface area (Å²) in [7, 11) is 0. The van der Waals surface area contributed by atoms with Gasteiger partial charge in [0, 0.05) is 12.2 Å². The summed E-state index contributed by atoms with van der Waals surface area (Å²) in [6.45, 7) is 13.5. The summed E-state index contributed by atoms with van der Waals surface area (Å²) < 4.78 is 2.11. The van der Waals surface area contributed by atoms with E-state index in [1.807, 2.05) is 0 Å². The summed E-state index contributed by atoms with van der Waals surface area (Å²) in [6, 6.07) is 2.70. The van der Waals surface area contributed by atoms with E-state index in [2.05, 4.69) is 56.9 Å². The second-order valence-corrected chi connectivity index (χ2v) is 6.45. The lowest BCUT2D eigenvalue weighted by Crippen LogP contribution is -2.26. The lowest BCUT2D eigenvalue weighted by atomic mass is 9.93. The standard InChI is InChI=1S/C17H33N3/c1-6-9-18-13-16(11-14(3)4)12-17-8-10-20(19-17)15(5)7-2/h8,10,14-16,18H,6-7,9,11-13H2,1-5H3. The third kappa shape index (κ3) is 6.08. The highest BCUT2D eigenvalue weighted by Gasteiger charge is 2.14. The van der Waals surface area contributed by atoms with Crippen molar-refractivity contribution >= 4 is 0 Å². The third-order valence-corrected chi connectivity index (χ3v) is 3.87. The number of aromatic nitrogens is 2. The lowest BCUT2D eigenvalue weighted by Gasteiger charge is -2.18. The molecule has 0 bridgehead atoms. The zero-order valence-electron chi connectivity index (χ0n) is 14.0. The molecule has 20 heavy (non-hydrogen) atoms. The van der Waals surface area contributed by atoms with Gasteiger partial charge in [-0.1, -0.05) is 27.7 Å². The van der Waals surface area contributed by atoms with E-state index in [1.165, 1.54) is 18.5 Å². The maximum atomic E-state index is 4.75. The summed E-state index contributed by atoms with van der Waals surface area (Å²) in [5, 5.41) is 8.31. The van der Waals surface area contributed by atoms with E-state index in [0.29, 0.717) is 12.0 Å². The van der Waals surface area contributed by atoms with E-state index in [-0.39, 0.29) is 0 Å². The minimum absolute atomic E-state index is 0.505. The monoisotopic (exact) mass is 279 g/mol. The highest BCUT2D eigenvalue weighted by Crippen LogP contribution is 2.17. The molecule has 0 aliphatic heterocycles. The fraction of sp³-hybridized carbons (Fsp3) is 0.824. The van der Waals surface area contributed by atoms with Crippen molar-refractivity contribution < 1.29 is 0 Å². The van der Waals surface area contributed by atoms with Crippen LogP contribution in [0.5, 0.6) is 0 Å². The number of rotatable bonds is 10. The summed E-state index contributed by atoms with van der Waals surface area (Å²) in [4.78, 5) is 0. The van der Waals surface area contributed by atoms with Gasteiger partial charge in [0.1, 0.15) is 0 Å². The molecule has 0 aliphatic rings. The van der Waals surface area contributed by atoms with Crippen LogP contribution in [0.15, 0.2) is 12.3 Å². The van der Waals surface area contributed by atoms with E-state index in [9.17, 15) is 0 Å². The van der Waals surface area contributed by atoms with Gasteiger partial charge in [0.05, 0.1) is 5.69 Å². The van der Waals surface area contributed by atoms with Gasteiger partial charge < -0.3 is 5.32 Å². The smallest absolute Gasteiger partial charge is 0.0627 e. The van der Waals surface area contributed by atoms with Crippen molar-refractivity contribution in [1.82, 2.24) is 15.1 Å². The van der Waals surface area contributed by atoms with Gasteiger partial charge in [0.25, 0.3) is 0 Å². The van der Waals surface area contributed by atoms with Gasteiger partial charge in [-0.15, -0.1) is 0 Å². The summed E-state index contributed by atoms with van der Waals surface area (Å²) in [5.41, 5.74) is 1.24. The molecule has 0 radical (unpaired) electrons. The van der Waals surface area contributed by atoms with Gasteiger partial charge in [0.2, 0.25) is 0 Å². The van der Waals surface area contributed by atoms with Crippen LogP contribution in [0.2, 0.25) is 0 Å². The van der Waals surface area contributed by atoms with Crippen molar-refractivity contribution in [1.29, 1.82) is 0 Å². The van der Waals surface area contributed by atoms with Crippen LogP contribution in [0.3, 0.4) is 0 Å². The molecule has 1 aromatic heterocycles. The first-order valence-corrected chi connectivity index (χ1v) is 8.31. The highest BCUT2D eigenvalue weighted by atomic mass is 15.3. The molecule has 2 unspecified atom stereocenters. The second-order valence-electron chi connectivity index (χ2n) is 6.45. The Labute approximate surface area is 125 Å². The van der Waals surface area contributed by atoms with Gasteiger partial charge in [-0.2, -0.15) is 5.10 Å². The molecule has 0 fully saturated rings. The molecule has 0 saturated carbocycles. The Morgan fingerprint density at radius 3 is 2.60 bits per heavy atom. The second kappa shape index (κ2) is 9.17. The van der Waals surface area contributed by atoms with Crippen molar-refractivity contribution in [2.75, 3.05) is 13.1 Å². The van der Waals surface area contributed by atoms with Crippen molar-refractivity contribution in [3.8, 4) is 0 Å². The summed E-state index contributed by atoms with van der Waals surface area (Å²) in [5.74, 6) is 1.45. The topological polar surface area (TPSA) is 29.9 Å². The van der Waals surface area contributed by atoms with Gasteiger partial charge in [-0.3, -0.25) is 4.68 Å². The fourth-order valence-corrected chi connectivity index (χ4v) is 2.60. The van der Waals surface area contributed by atoms with Gasteiger partial charge in [-0.05, 0) is 63.6 Å². The quantitative estimate of drug-likeness (QED) is 0.655. The first kappa shape index (κ1) is 17.2. The van der Waals surface area contributed by atoms with Gasteiger partial charge in [-0.25, -0.2) is 0 Å². The predicted molar refractivity (Wildman–Crippen MR) is 87.0 cm³/mol. The first-order chi connectivity index (χ1) is 9.56. The van der Waals surface area contributed by atoms with E-state index in [1.54, 1.807) is 0 Å². The van der Waals surface area contributed by atoms with Crippen LogP contribution in [0, 0.1) is 11.8 Å². The predicted octanol–water partition coefficient (Wildman–Crippen LogP) is 4.06. The molecule has 1 heterocycles. The minimum Gasteiger partial charge on any atom is -0.316 e. The molecule has 2 atom stereocenters. The molecule has 0 saturated heterocycles. The maximum absolute atomic E-state index is 4.75. The number of nitrogens with one attached hydrogen (secondary N) is 1. The molecule has 0 spiro atoms. The highest BCUT2D eigenvalue weighted by molar-refractivity contribution is 5.01. The van der Waals surface area contributed by atoms with Crippen LogP contribution in [0.25, 0.3) is 0 Å². The van der Waals surface area contributed by atoms with Gasteiger partial charge in [0.15, 0.2) is 0 Å². The SMILES string of the molecule is CCCNCC(Cc1ccn(C(C)CC)n1)CC(C)C. The van der Waals surface area contributed by atoms with Crippen LogP contribution >= 0.6 is 0 Å². The molecular weight excluding hydrogens is 246 g/mol. The zero-order valence-corrected chi connectivity index (χ0v) is 14.0. The molecule has 0 aromatic carbocycles. The maximum Gasteiger partial charge on any atom is 0.0627 e. The Morgan fingerprint density at radius 2 is 2.00 bits per heavy atom. The first-order valence-electron chi connectivity index (χ1n) is 8.31. The van der Waals surface area contributed by atoms with E-state index >= 15 is 0 Å². The van der Waals surface area contributed by atoms with E-state index < -0.39 is 0 Å². The van der Waals surface area contributed by atoms with Crippen LogP contribution in [-0.2, 0) is 6.42 Å². The molecular formula is C17H33N3. The average Bonchev–Trinajstić information content (AvgIpc) is 2.86. The molecule has 3 heteroatoms. The molecule has 1 N–H and O–H groups in total. The normalized spacial score (nSPS) is 14.7. The molecule has 1 rings (SSSR count). The van der Waals surface area contributed by atoms with Crippen molar-refractivity contribution in [3.05, 3.63) is 18.0 Å². The Bertz CT molecular complexity index is 357. The zero-order chi connectivity index (χ0) is 15.0. The Morgan fingerprint density at radius 1 is 1.25 bits per heavy atom. The largest absolute Gasteiger partial charge is 0.316 e. The number of hydrogen-bond donors (Lipinski definition) is 1. The van der Waals surface area contributed by atoms with Crippen molar-refractivity contribution in [2.24, 2.45) is 11.8 Å². The molecule has 3 nitrogen and oxygen atoms in total. The Kier molecular flexibility index (Phi) is 7.90. The lowest BCUT2D eigenvalue weighted by molar-refractivity contribution is 0.379. The van der Waals surface area contributed by atoms with Crippen LogP contribution < -0.4 is 5.32 Å². The minimum atomic E-state index is 0.505. The number of nitrogens with zero attached hydrogens (tertiary/aromatic N) is 2. The van der Waals surface area contributed by atoms with Crippen molar-refractivity contribution in [3.63, 3.8) is 0 Å². The van der Waals surface area contributed by atoms with Gasteiger partial charge >= 0.3 is 0 Å². The molecule has 116 valence electrons. The average molecular weight is 279 g/mol. The fourth-order valence-electron chi connectivity index (χ4n) is 2.60. The Hall–Kier alpha value is -0.830. The Balaban J connectivity index is 2.56. The number of hydrogen-bond acceptors (Lipinski definition) is 2. The van der Waals surface area contributed by atoms with E-state index in [0.717, 1.165) is 31.8 Å². The van der Waals surface area contributed by atoms with E-state index in [4.69, 9.17) is 5.10 Å². The molecule has 0 amide bonds. The summed E-state index contributed by atoms with van der Waals surface area (Å²) >= 11 is 0. The molecule has 0 aliphatic carbocycles. The van der Waals surface area contributed by atoms with Crippen LogP contribution in [-0.4, -0.2) is 22.9 Å². The van der Waals surface area contributed by atoms with Crippen LogP contribution in [0.1, 0.15) is 65.6 Å². The molecule has 1 aromatic rings. The van der Waals surface area contributed by atoms with Crippen molar-refractivity contribution in [2.45, 2.75) is 66.3 Å². The van der Waals surface area contributed by atoms with Crippen LogP contribution in [0.4, 0.5) is 0 Å².